The van der Waals surface area contributed by atoms with E-state index in [1.807, 2.05) is 0 Å². The van der Waals surface area contributed by atoms with Crippen LogP contribution in [0.2, 0.25) is 0 Å². The van der Waals surface area contributed by atoms with Gasteiger partial charge in [-0.25, -0.2) is 0 Å². The van der Waals surface area contributed by atoms with Crippen molar-refractivity contribution in [1.29, 1.82) is 0 Å². The van der Waals surface area contributed by atoms with Crippen LogP contribution in [-0.4, -0.2) is 19.6 Å². The van der Waals surface area contributed by atoms with Gasteiger partial charge < -0.3 is 16.0 Å². The van der Waals surface area contributed by atoms with Crippen molar-refractivity contribution >= 4 is 5.69 Å². The van der Waals surface area contributed by atoms with Crippen molar-refractivity contribution in [2.45, 2.75) is 33.9 Å². The zero-order chi connectivity index (χ0) is 17.2. The van der Waals surface area contributed by atoms with Crippen LogP contribution in [0.25, 0.3) is 0 Å². The molecule has 1 rings (SSSR count). The summed E-state index contributed by atoms with van der Waals surface area (Å²) in [5, 5.41) is 9.89. The Bertz CT molecular complexity index is 619. The Hall–Kier alpha value is -2.38. The second-order valence-corrected chi connectivity index (χ2v) is 5.38. The van der Waals surface area contributed by atoms with Gasteiger partial charge in [0.05, 0.1) is 19.6 Å². The number of terminal acetylenes is 3. The van der Waals surface area contributed by atoms with Crippen molar-refractivity contribution < 1.29 is 0 Å². The highest BCUT2D eigenvalue weighted by Crippen LogP contribution is 2.31. The van der Waals surface area contributed by atoms with Crippen molar-refractivity contribution in [3.63, 3.8) is 0 Å². The molecule has 0 bridgehead atoms. The van der Waals surface area contributed by atoms with Gasteiger partial charge in [-0.05, 0) is 48.6 Å². The fourth-order valence-corrected chi connectivity index (χ4v) is 2.78. The van der Waals surface area contributed by atoms with Gasteiger partial charge >= 0.3 is 0 Å². The summed E-state index contributed by atoms with van der Waals surface area (Å²) in [7, 11) is 0. The summed E-state index contributed by atoms with van der Waals surface area (Å²) in [6.45, 7) is 9.43. The number of hydrogen-bond acceptors (Lipinski definition) is 3. The first-order chi connectivity index (χ1) is 11.1. The second-order valence-electron chi connectivity index (χ2n) is 5.38. The standard InChI is InChI=1S/C20H25N3/c1-7-10-21-13-18-15(4)19(14-22-11-8-2)17(6)20(16(18)5)23-12-9-3/h1-3,21-23H,10-14H2,4-6H3. The van der Waals surface area contributed by atoms with Gasteiger partial charge in [0.15, 0.2) is 0 Å². The van der Waals surface area contributed by atoms with E-state index in [0.29, 0.717) is 19.6 Å². The third-order valence-corrected chi connectivity index (χ3v) is 3.99. The van der Waals surface area contributed by atoms with Crippen LogP contribution >= 0.6 is 0 Å². The van der Waals surface area contributed by atoms with E-state index in [0.717, 1.165) is 18.8 Å². The maximum absolute atomic E-state index is 5.40. The topological polar surface area (TPSA) is 36.1 Å². The lowest BCUT2D eigenvalue weighted by atomic mass is 9.91. The Morgan fingerprint density at radius 3 is 1.52 bits per heavy atom. The van der Waals surface area contributed by atoms with Crippen LogP contribution in [0.3, 0.4) is 0 Å². The van der Waals surface area contributed by atoms with Crippen LogP contribution in [0.4, 0.5) is 5.69 Å². The van der Waals surface area contributed by atoms with Gasteiger partial charge in [-0.15, -0.1) is 19.3 Å². The first-order valence-electron chi connectivity index (χ1n) is 7.65. The second kappa shape index (κ2) is 9.60. The largest absolute Gasteiger partial charge is 0.374 e. The molecule has 0 aliphatic carbocycles. The molecule has 1 aromatic rings. The van der Waals surface area contributed by atoms with Crippen molar-refractivity contribution in [3.8, 4) is 37.0 Å². The first kappa shape index (κ1) is 18.7. The number of anilines is 1. The average molecular weight is 307 g/mol. The molecule has 3 N–H and O–H groups in total. The van der Waals surface area contributed by atoms with Crippen molar-refractivity contribution in [2.75, 3.05) is 25.0 Å². The van der Waals surface area contributed by atoms with Gasteiger partial charge in [0.2, 0.25) is 0 Å². The molecule has 3 nitrogen and oxygen atoms in total. The molecular formula is C20H25N3. The third-order valence-electron chi connectivity index (χ3n) is 3.99. The predicted octanol–water partition coefficient (Wildman–Crippen LogP) is 2.10. The van der Waals surface area contributed by atoms with E-state index in [4.69, 9.17) is 19.3 Å². The van der Waals surface area contributed by atoms with Gasteiger partial charge in [0, 0.05) is 18.8 Å². The van der Waals surface area contributed by atoms with Crippen LogP contribution in [0.1, 0.15) is 27.8 Å². The molecule has 23 heavy (non-hydrogen) atoms. The number of hydrogen-bond donors (Lipinski definition) is 3. The highest BCUT2D eigenvalue weighted by atomic mass is 14.9. The molecular weight excluding hydrogens is 282 g/mol. The molecule has 0 fully saturated rings. The summed E-state index contributed by atoms with van der Waals surface area (Å²) in [5.41, 5.74) is 7.29. The van der Waals surface area contributed by atoms with Crippen LogP contribution in [0, 0.1) is 57.8 Å². The van der Waals surface area contributed by atoms with Crippen molar-refractivity contribution in [1.82, 2.24) is 10.6 Å². The molecule has 0 amide bonds. The molecule has 1 aromatic carbocycles. The Balaban J connectivity index is 3.26. The minimum atomic E-state index is 0.499. The first-order valence-corrected chi connectivity index (χ1v) is 7.65. The minimum absolute atomic E-state index is 0.499. The average Bonchev–Trinajstić information content (AvgIpc) is 2.54. The van der Waals surface area contributed by atoms with Gasteiger partial charge in [-0.2, -0.15) is 0 Å². The monoisotopic (exact) mass is 307 g/mol. The van der Waals surface area contributed by atoms with Gasteiger partial charge in [-0.1, -0.05) is 17.8 Å². The van der Waals surface area contributed by atoms with Crippen molar-refractivity contribution in [2.24, 2.45) is 0 Å². The highest BCUT2D eigenvalue weighted by molar-refractivity contribution is 5.65. The van der Waals surface area contributed by atoms with Gasteiger partial charge in [0.25, 0.3) is 0 Å². The molecule has 3 heteroatoms. The van der Waals surface area contributed by atoms with E-state index in [1.54, 1.807) is 0 Å². The van der Waals surface area contributed by atoms with Gasteiger partial charge in [-0.3, -0.25) is 0 Å². The van der Waals surface area contributed by atoms with E-state index in [1.165, 1.54) is 27.8 Å². The van der Waals surface area contributed by atoms with E-state index in [-0.39, 0.29) is 0 Å². The highest BCUT2D eigenvalue weighted by Gasteiger charge is 2.16. The molecule has 0 unspecified atom stereocenters. The molecule has 0 aliphatic heterocycles. The lowest BCUT2D eigenvalue weighted by Crippen LogP contribution is -2.20. The van der Waals surface area contributed by atoms with Gasteiger partial charge in [0.1, 0.15) is 0 Å². The Kier molecular flexibility index (Phi) is 7.79. The van der Waals surface area contributed by atoms with E-state index in [9.17, 15) is 0 Å². The van der Waals surface area contributed by atoms with E-state index < -0.39 is 0 Å². The summed E-state index contributed by atoms with van der Waals surface area (Å²) < 4.78 is 0. The summed E-state index contributed by atoms with van der Waals surface area (Å²) in [5.74, 6) is 7.85. The normalized spacial score (nSPS) is 9.74. The van der Waals surface area contributed by atoms with Crippen LogP contribution in [-0.2, 0) is 13.1 Å². The summed E-state index contributed by atoms with van der Waals surface area (Å²) in [6.07, 6.45) is 16.0. The number of benzene rings is 1. The maximum Gasteiger partial charge on any atom is 0.0763 e. The Labute approximate surface area is 140 Å². The lowest BCUT2D eigenvalue weighted by molar-refractivity contribution is 0.738. The Morgan fingerprint density at radius 1 is 0.696 bits per heavy atom. The molecule has 0 radical (unpaired) electrons. The molecule has 0 spiro atoms. The van der Waals surface area contributed by atoms with Crippen LogP contribution in [0.5, 0.6) is 0 Å². The zero-order valence-electron chi connectivity index (χ0n) is 14.3. The molecule has 0 saturated carbocycles. The summed E-state index contributed by atoms with van der Waals surface area (Å²) >= 11 is 0. The lowest BCUT2D eigenvalue weighted by Gasteiger charge is -2.23. The van der Waals surface area contributed by atoms with Crippen LogP contribution in [0.15, 0.2) is 0 Å². The molecule has 120 valence electrons. The summed E-state index contributed by atoms with van der Waals surface area (Å²) in [4.78, 5) is 0. The SMILES string of the molecule is C#CCNCc1c(C)c(CNCC#C)c(C)c(NCC#C)c1C. The quantitative estimate of drug-likeness (QED) is 0.508. The fourth-order valence-electron chi connectivity index (χ4n) is 2.78. The maximum atomic E-state index is 5.40. The molecule has 0 aromatic heterocycles. The Morgan fingerprint density at radius 2 is 1.13 bits per heavy atom. The fraction of sp³-hybridized carbons (Fsp3) is 0.400. The zero-order valence-corrected chi connectivity index (χ0v) is 14.3. The molecule has 0 saturated heterocycles. The predicted molar refractivity (Wildman–Crippen MR) is 99.1 cm³/mol. The molecule has 0 heterocycles. The molecule has 0 atom stereocenters. The number of nitrogens with one attached hydrogen (secondary N) is 3. The van der Waals surface area contributed by atoms with E-state index in [2.05, 4.69) is 54.5 Å². The minimum Gasteiger partial charge on any atom is -0.374 e. The number of rotatable bonds is 8. The smallest absolute Gasteiger partial charge is 0.0763 e. The van der Waals surface area contributed by atoms with Crippen LogP contribution < -0.4 is 16.0 Å². The summed E-state index contributed by atoms with van der Waals surface area (Å²) in [6, 6.07) is 0. The molecule has 0 aliphatic rings. The third kappa shape index (κ3) is 4.80. The van der Waals surface area contributed by atoms with Crippen molar-refractivity contribution in [3.05, 3.63) is 27.8 Å². The van der Waals surface area contributed by atoms with E-state index >= 15 is 0 Å².